The molecule has 0 spiro atoms. The van der Waals surface area contributed by atoms with E-state index in [4.69, 9.17) is 19.4 Å². The van der Waals surface area contributed by atoms with E-state index in [-0.39, 0.29) is 5.75 Å². The molecular weight excluding hydrogens is 542 g/mol. The van der Waals surface area contributed by atoms with Gasteiger partial charge >= 0.3 is 0 Å². The van der Waals surface area contributed by atoms with E-state index in [0.29, 0.717) is 34.2 Å². The number of phenols is 1. The number of para-hydroxylation sites is 1. The molecule has 5 heteroatoms. The highest BCUT2D eigenvalue weighted by Crippen LogP contribution is 2.45. The maximum Gasteiger partial charge on any atom is 0.164 e. The fourth-order valence-electron chi connectivity index (χ4n) is 5.73. The van der Waals surface area contributed by atoms with E-state index in [9.17, 15) is 5.11 Å². The lowest BCUT2D eigenvalue weighted by atomic mass is 9.92. The largest absolute Gasteiger partial charge is 0.507 e. The number of aromatic hydroxyl groups is 1. The molecule has 1 N–H and O–H groups in total. The van der Waals surface area contributed by atoms with Gasteiger partial charge in [-0.05, 0) is 41.5 Å². The number of aromatic nitrogens is 3. The van der Waals surface area contributed by atoms with Crippen molar-refractivity contribution in [2.75, 3.05) is 0 Å². The number of benzene rings is 6. The summed E-state index contributed by atoms with van der Waals surface area (Å²) in [6, 6.07) is 47.6. The van der Waals surface area contributed by atoms with Crippen molar-refractivity contribution in [3.05, 3.63) is 146 Å². The van der Waals surface area contributed by atoms with Crippen molar-refractivity contribution in [3.8, 4) is 62.2 Å². The molecular formula is C39H25N3O2. The van der Waals surface area contributed by atoms with E-state index in [0.717, 1.165) is 44.2 Å². The highest BCUT2D eigenvalue weighted by atomic mass is 16.3. The topological polar surface area (TPSA) is 72.0 Å². The molecule has 0 aliphatic rings. The summed E-state index contributed by atoms with van der Waals surface area (Å²) < 4.78 is 6.16. The van der Waals surface area contributed by atoms with E-state index in [1.807, 2.05) is 133 Å². The minimum atomic E-state index is 0.145. The third-order valence-corrected chi connectivity index (χ3v) is 7.87. The van der Waals surface area contributed by atoms with Gasteiger partial charge in [-0.15, -0.1) is 0 Å². The first-order valence-corrected chi connectivity index (χ1v) is 14.4. The molecule has 8 aromatic rings. The van der Waals surface area contributed by atoms with Crippen molar-refractivity contribution in [3.63, 3.8) is 0 Å². The molecule has 6 aromatic carbocycles. The van der Waals surface area contributed by atoms with Crippen LogP contribution in [0.25, 0.3) is 78.4 Å². The Bertz CT molecular complexity index is 2220. The van der Waals surface area contributed by atoms with E-state index in [1.165, 1.54) is 0 Å². The molecule has 0 amide bonds. The number of fused-ring (bicyclic) bond motifs is 3. The van der Waals surface area contributed by atoms with E-state index >= 15 is 0 Å². The summed E-state index contributed by atoms with van der Waals surface area (Å²) in [4.78, 5) is 14.7. The zero-order valence-corrected chi connectivity index (χ0v) is 23.6. The van der Waals surface area contributed by atoms with Gasteiger partial charge in [0.15, 0.2) is 17.5 Å². The molecule has 2 heterocycles. The second-order valence-electron chi connectivity index (χ2n) is 10.6. The van der Waals surface area contributed by atoms with Crippen molar-refractivity contribution in [1.82, 2.24) is 15.0 Å². The quantitative estimate of drug-likeness (QED) is 0.224. The van der Waals surface area contributed by atoms with Crippen LogP contribution in [0, 0.1) is 0 Å². The Hall–Kier alpha value is -6.07. The fourth-order valence-corrected chi connectivity index (χ4v) is 5.73. The lowest BCUT2D eigenvalue weighted by Crippen LogP contribution is -2.01. The SMILES string of the molecule is Oc1c(-c2ccc3c(c2)oc2ccccc23)ccc(-c2nc(-c3ccccc3)nc(-c3ccccc3)n2)c1-c1ccccc1. The summed E-state index contributed by atoms with van der Waals surface area (Å²) in [6.07, 6.45) is 0. The maximum atomic E-state index is 12.0. The fraction of sp³-hybridized carbons (Fsp3) is 0. The number of hydrogen-bond donors (Lipinski definition) is 1. The van der Waals surface area contributed by atoms with Crippen LogP contribution in [0.15, 0.2) is 150 Å². The van der Waals surface area contributed by atoms with Crippen molar-refractivity contribution < 1.29 is 9.52 Å². The van der Waals surface area contributed by atoms with Crippen LogP contribution < -0.4 is 0 Å². The molecule has 0 atom stereocenters. The molecule has 0 unspecified atom stereocenters. The Labute approximate surface area is 253 Å². The number of hydrogen-bond acceptors (Lipinski definition) is 5. The predicted molar refractivity (Wildman–Crippen MR) is 176 cm³/mol. The van der Waals surface area contributed by atoms with Gasteiger partial charge in [-0.2, -0.15) is 0 Å². The molecule has 0 aliphatic heterocycles. The van der Waals surface area contributed by atoms with Gasteiger partial charge in [-0.1, -0.05) is 115 Å². The first-order valence-electron chi connectivity index (χ1n) is 14.4. The van der Waals surface area contributed by atoms with Gasteiger partial charge in [0.25, 0.3) is 0 Å². The van der Waals surface area contributed by atoms with Gasteiger partial charge in [0.2, 0.25) is 0 Å². The minimum absolute atomic E-state index is 0.145. The second-order valence-corrected chi connectivity index (χ2v) is 10.6. The number of phenolic OH excluding ortho intramolecular Hbond substituents is 1. The Morgan fingerprint density at radius 2 is 0.932 bits per heavy atom. The molecule has 2 aromatic heterocycles. The Morgan fingerprint density at radius 1 is 0.409 bits per heavy atom. The van der Waals surface area contributed by atoms with Crippen LogP contribution in [0.5, 0.6) is 5.75 Å². The van der Waals surface area contributed by atoms with Crippen molar-refractivity contribution in [1.29, 1.82) is 0 Å². The number of rotatable bonds is 5. The van der Waals surface area contributed by atoms with Crippen LogP contribution in [0.2, 0.25) is 0 Å². The van der Waals surface area contributed by atoms with Gasteiger partial charge in [0.05, 0.1) is 0 Å². The molecule has 0 fully saturated rings. The summed E-state index contributed by atoms with van der Waals surface area (Å²) in [5.41, 5.74) is 7.13. The summed E-state index contributed by atoms with van der Waals surface area (Å²) in [5.74, 6) is 1.75. The van der Waals surface area contributed by atoms with Gasteiger partial charge in [0, 0.05) is 38.6 Å². The zero-order chi connectivity index (χ0) is 29.5. The molecule has 8 rings (SSSR count). The highest BCUT2D eigenvalue weighted by Gasteiger charge is 2.21. The van der Waals surface area contributed by atoms with Crippen LogP contribution in [0.3, 0.4) is 0 Å². The standard InChI is InChI=1S/C39H25N3O2/c43-36-29(28-20-21-31-30-18-10-11-19-33(30)44-34(31)24-28)22-23-32(35(36)25-12-4-1-5-13-25)39-41-37(26-14-6-2-7-15-26)40-38(42-39)27-16-8-3-9-17-27/h1-24,43H. The van der Waals surface area contributed by atoms with E-state index in [2.05, 4.69) is 12.1 Å². The highest BCUT2D eigenvalue weighted by molar-refractivity contribution is 6.06. The lowest BCUT2D eigenvalue weighted by molar-refractivity contribution is 0.479. The Morgan fingerprint density at radius 3 is 1.59 bits per heavy atom. The second kappa shape index (κ2) is 10.6. The lowest BCUT2D eigenvalue weighted by Gasteiger charge is -2.16. The molecule has 44 heavy (non-hydrogen) atoms. The van der Waals surface area contributed by atoms with Gasteiger partial charge in [-0.25, -0.2) is 15.0 Å². The first-order chi connectivity index (χ1) is 21.7. The third-order valence-electron chi connectivity index (χ3n) is 7.87. The van der Waals surface area contributed by atoms with E-state index in [1.54, 1.807) is 0 Å². The summed E-state index contributed by atoms with van der Waals surface area (Å²) >= 11 is 0. The van der Waals surface area contributed by atoms with Gasteiger partial charge < -0.3 is 9.52 Å². The third kappa shape index (κ3) is 4.48. The average Bonchev–Trinajstić information content (AvgIpc) is 3.47. The normalized spacial score (nSPS) is 11.3. The van der Waals surface area contributed by atoms with Crippen molar-refractivity contribution in [2.45, 2.75) is 0 Å². The molecule has 5 nitrogen and oxygen atoms in total. The molecule has 0 bridgehead atoms. The van der Waals surface area contributed by atoms with Gasteiger partial charge in [0.1, 0.15) is 16.9 Å². The van der Waals surface area contributed by atoms with Gasteiger partial charge in [-0.3, -0.25) is 0 Å². The maximum absolute atomic E-state index is 12.0. The molecule has 0 saturated carbocycles. The van der Waals surface area contributed by atoms with Crippen LogP contribution in [-0.2, 0) is 0 Å². The molecule has 208 valence electrons. The number of furan rings is 1. The van der Waals surface area contributed by atoms with Crippen LogP contribution in [0.4, 0.5) is 0 Å². The summed E-state index contributed by atoms with van der Waals surface area (Å²) in [5, 5.41) is 14.1. The first kappa shape index (κ1) is 25.6. The summed E-state index contributed by atoms with van der Waals surface area (Å²) in [7, 11) is 0. The predicted octanol–water partition coefficient (Wildman–Crippen LogP) is 9.81. The van der Waals surface area contributed by atoms with Crippen LogP contribution >= 0.6 is 0 Å². The zero-order valence-electron chi connectivity index (χ0n) is 23.6. The van der Waals surface area contributed by atoms with Crippen molar-refractivity contribution in [2.24, 2.45) is 0 Å². The van der Waals surface area contributed by atoms with Crippen molar-refractivity contribution >= 4 is 21.9 Å². The van der Waals surface area contributed by atoms with Crippen LogP contribution in [0.1, 0.15) is 0 Å². The van der Waals surface area contributed by atoms with E-state index < -0.39 is 0 Å². The summed E-state index contributed by atoms with van der Waals surface area (Å²) in [6.45, 7) is 0. The Kier molecular flexibility index (Phi) is 6.20. The monoisotopic (exact) mass is 567 g/mol. The minimum Gasteiger partial charge on any atom is -0.507 e. The van der Waals surface area contributed by atoms with Crippen LogP contribution in [-0.4, -0.2) is 20.1 Å². The molecule has 0 radical (unpaired) electrons. The molecule has 0 saturated heterocycles. The smallest absolute Gasteiger partial charge is 0.164 e. The average molecular weight is 568 g/mol. The molecule has 0 aliphatic carbocycles. The number of nitrogens with zero attached hydrogens (tertiary/aromatic N) is 3. The Balaban J connectivity index is 1.35.